The first-order valence-corrected chi connectivity index (χ1v) is 9.51. The maximum absolute atomic E-state index is 10.8. The van der Waals surface area contributed by atoms with Crippen LogP contribution >= 0.6 is 0 Å². The molecule has 0 amide bonds. The molecule has 4 rings (SSSR count). The molecular formula is C20H34O2. The van der Waals surface area contributed by atoms with Crippen LogP contribution < -0.4 is 0 Å². The number of aliphatic hydroxyl groups is 2. The van der Waals surface area contributed by atoms with Crippen molar-refractivity contribution in [2.24, 2.45) is 34.0 Å². The minimum atomic E-state index is -0.447. The third kappa shape index (κ3) is 1.75. The summed E-state index contributed by atoms with van der Waals surface area (Å²) in [6.07, 6.45) is 9.09. The summed E-state index contributed by atoms with van der Waals surface area (Å²) in [7, 11) is 0. The van der Waals surface area contributed by atoms with Gasteiger partial charge in [-0.25, -0.2) is 0 Å². The highest BCUT2D eigenvalue weighted by atomic mass is 16.3. The smallest absolute Gasteiger partial charge is 0.0648 e. The normalized spacial score (nSPS) is 59.7. The van der Waals surface area contributed by atoms with Gasteiger partial charge in [0.25, 0.3) is 0 Å². The Balaban J connectivity index is 1.78. The average Bonchev–Trinajstić information content (AvgIpc) is 2.71. The van der Waals surface area contributed by atoms with Gasteiger partial charge in [-0.05, 0) is 92.3 Å². The van der Waals surface area contributed by atoms with Crippen LogP contribution in [0.15, 0.2) is 0 Å². The van der Waals surface area contributed by atoms with E-state index in [1.165, 1.54) is 32.1 Å². The molecule has 0 aromatic heterocycles. The van der Waals surface area contributed by atoms with Gasteiger partial charge in [0.05, 0.1) is 11.7 Å². The van der Waals surface area contributed by atoms with Crippen molar-refractivity contribution in [3.05, 3.63) is 0 Å². The van der Waals surface area contributed by atoms with E-state index in [1.807, 2.05) is 0 Å². The number of rotatable bonds is 0. The third-order valence-electron chi connectivity index (χ3n) is 8.99. The minimum absolute atomic E-state index is 0.133. The Kier molecular flexibility index (Phi) is 3.02. The van der Waals surface area contributed by atoms with E-state index in [9.17, 15) is 10.2 Å². The van der Waals surface area contributed by atoms with Crippen LogP contribution in [-0.2, 0) is 0 Å². The highest BCUT2D eigenvalue weighted by molar-refractivity contribution is 5.18. The largest absolute Gasteiger partial charge is 0.393 e. The van der Waals surface area contributed by atoms with Gasteiger partial charge in [-0.3, -0.25) is 0 Å². The molecule has 4 aliphatic rings. The van der Waals surface area contributed by atoms with Crippen LogP contribution in [0.25, 0.3) is 0 Å². The van der Waals surface area contributed by atoms with Crippen molar-refractivity contribution in [1.82, 2.24) is 0 Å². The molecule has 22 heavy (non-hydrogen) atoms. The minimum Gasteiger partial charge on any atom is -0.393 e. The van der Waals surface area contributed by atoms with Crippen LogP contribution in [0.5, 0.6) is 0 Å². The molecule has 0 aliphatic heterocycles. The fourth-order valence-corrected chi connectivity index (χ4v) is 8.04. The fraction of sp³-hybridized carbons (Fsp3) is 1.00. The summed E-state index contributed by atoms with van der Waals surface area (Å²) in [4.78, 5) is 0. The summed E-state index contributed by atoms with van der Waals surface area (Å²) in [5.74, 6) is 2.01. The van der Waals surface area contributed by atoms with Gasteiger partial charge in [0.15, 0.2) is 0 Å². The van der Waals surface area contributed by atoms with E-state index in [4.69, 9.17) is 0 Å². The Labute approximate surface area is 135 Å². The van der Waals surface area contributed by atoms with Gasteiger partial charge in [0.2, 0.25) is 0 Å². The van der Waals surface area contributed by atoms with Crippen LogP contribution in [0, 0.1) is 34.0 Å². The van der Waals surface area contributed by atoms with E-state index in [-0.39, 0.29) is 16.9 Å². The lowest BCUT2D eigenvalue weighted by atomic mass is 9.39. The quantitative estimate of drug-likeness (QED) is 0.706. The predicted octanol–water partition coefficient (Wildman–Crippen LogP) is 4.14. The molecule has 0 heterocycles. The standard InChI is InChI=1S/C20H34O2/c1-17(2)11-15(21)12-18(3)16(17)6-5-13-9-14-10-20(13,18)8-7-19(14,4)22/h13-16,21-22H,5-12H2,1-4H3/t13-,14?,15-,16-,18-,19?,20+/m0/s1. The Bertz CT molecular complexity index is 482. The van der Waals surface area contributed by atoms with Crippen molar-refractivity contribution in [3.8, 4) is 0 Å². The number of fused-ring (bicyclic) bond motifs is 2. The van der Waals surface area contributed by atoms with Crippen molar-refractivity contribution in [2.45, 2.75) is 90.8 Å². The first-order chi connectivity index (χ1) is 10.1. The molecule has 4 saturated carbocycles. The molecule has 2 heteroatoms. The highest BCUT2D eigenvalue weighted by Gasteiger charge is 2.69. The molecule has 126 valence electrons. The summed E-state index contributed by atoms with van der Waals surface area (Å²) < 4.78 is 0. The molecule has 4 fully saturated rings. The molecule has 2 nitrogen and oxygen atoms in total. The topological polar surface area (TPSA) is 40.5 Å². The van der Waals surface area contributed by atoms with Gasteiger partial charge >= 0.3 is 0 Å². The van der Waals surface area contributed by atoms with Crippen molar-refractivity contribution in [3.63, 3.8) is 0 Å². The second kappa shape index (κ2) is 4.30. The first kappa shape index (κ1) is 15.4. The first-order valence-electron chi connectivity index (χ1n) is 9.51. The van der Waals surface area contributed by atoms with Crippen LogP contribution in [0.4, 0.5) is 0 Å². The SMILES string of the molecule is CC1(O)CC[C@@]23CC1C[C@@H]2CC[C@H]1C(C)(C)C[C@H](O)C[C@@]13C. The van der Waals surface area contributed by atoms with E-state index in [1.54, 1.807) is 0 Å². The van der Waals surface area contributed by atoms with Crippen LogP contribution in [0.3, 0.4) is 0 Å². The van der Waals surface area contributed by atoms with Crippen LogP contribution in [0.2, 0.25) is 0 Å². The van der Waals surface area contributed by atoms with Crippen LogP contribution in [0.1, 0.15) is 79.1 Å². The Morgan fingerprint density at radius 1 is 0.864 bits per heavy atom. The van der Waals surface area contributed by atoms with Crippen LogP contribution in [-0.4, -0.2) is 21.9 Å². The van der Waals surface area contributed by atoms with Crippen molar-refractivity contribution >= 4 is 0 Å². The summed E-state index contributed by atoms with van der Waals surface area (Å²) >= 11 is 0. The predicted molar refractivity (Wildman–Crippen MR) is 88.4 cm³/mol. The van der Waals surface area contributed by atoms with Crippen molar-refractivity contribution in [2.75, 3.05) is 0 Å². The lowest BCUT2D eigenvalue weighted by Crippen LogP contribution is -2.60. The molecule has 0 saturated heterocycles. The molecule has 0 aromatic carbocycles. The molecule has 1 spiro atoms. The molecular weight excluding hydrogens is 272 g/mol. The zero-order valence-electron chi connectivity index (χ0n) is 14.9. The van der Waals surface area contributed by atoms with Gasteiger partial charge in [-0.2, -0.15) is 0 Å². The Morgan fingerprint density at radius 3 is 2.32 bits per heavy atom. The zero-order chi connectivity index (χ0) is 16.0. The summed E-state index contributed by atoms with van der Waals surface area (Å²) in [6.45, 7) is 9.36. The monoisotopic (exact) mass is 306 g/mol. The lowest BCUT2D eigenvalue weighted by molar-refractivity contribution is -0.193. The van der Waals surface area contributed by atoms with Gasteiger partial charge in [0, 0.05) is 0 Å². The van der Waals surface area contributed by atoms with Gasteiger partial charge in [0.1, 0.15) is 0 Å². The number of hydrogen-bond donors (Lipinski definition) is 2. The summed E-state index contributed by atoms with van der Waals surface area (Å²) in [5, 5.41) is 21.4. The Hall–Kier alpha value is -0.0800. The average molecular weight is 306 g/mol. The molecule has 2 bridgehead atoms. The maximum atomic E-state index is 10.8. The van der Waals surface area contributed by atoms with Gasteiger partial charge in [-0.1, -0.05) is 20.8 Å². The molecule has 7 atom stereocenters. The molecule has 2 unspecified atom stereocenters. The van der Waals surface area contributed by atoms with E-state index in [2.05, 4.69) is 27.7 Å². The van der Waals surface area contributed by atoms with Crippen molar-refractivity contribution in [1.29, 1.82) is 0 Å². The highest BCUT2D eigenvalue weighted by Crippen LogP contribution is 2.75. The number of hydrogen-bond acceptors (Lipinski definition) is 2. The molecule has 2 N–H and O–H groups in total. The second-order valence-electron chi connectivity index (χ2n) is 10.4. The van der Waals surface area contributed by atoms with Crippen molar-refractivity contribution < 1.29 is 10.2 Å². The van der Waals surface area contributed by atoms with E-state index >= 15 is 0 Å². The molecule has 4 aliphatic carbocycles. The Morgan fingerprint density at radius 2 is 1.59 bits per heavy atom. The maximum Gasteiger partial charge on any atom is 0.0648 e. The third-order valence-corrected chi connectivity index (χ3v) is 8.99. The van der Waals surface area contributed by atoms with E-state index in [0.29, 0.717) is 11.3 Å². The zero-order valence-corrected chi connectivity index (χ0v) is 14.9. The van der Waals surface area contributed by atoms with Gasteiger partial charge in [-0.15, -0.1) is 0 Å². The van der Waals surface area contributed by atoms with Gasteiger partial charge < -0.3 is 10.2 Å². The summed E-state index contributed by atoms with van der Waals surface area (Å²) in [6, 6.07) is 0. The lowest BCUT2D eigenvalue weighted by Gasteiger charge is -2.66. The molecule has 0 aromatic rings. The second-order valence-corrected chi connectivity index (χ2v) is 10.4. The fourth-order valence-electron chi connectivity index (χ4n) is 8.04. The van der Waals surface area contributed by atoms with E-state index in [0.717, 1.165) is 31.1 Å². The molecule has 0 radical (unpaired) electrons. The summed E-state index contributed by atoms with van der Waals surface area (Å²) in [5.41, 5.74) is 0.464. The number of aliphatic hydroxyl groups excluding tert-OH is 1. The van der Waals surface area contributed by atoms with E-state index < -0.39 is 5.60 Å².